The molecule has 2 aromatic carbocycles. The first kappa shape index (κ1) is 38.2. The van der Waals surface area contributed by atoms with Gasteiger partial charge in [0.2, 0.25) is 0 Å². The molecular weight excluding hydrogens is 717 g/mol. The van der Waals surface area contributed by atoms with Crippen LogP contribution in [0, 0.1) is 11.1 Å². The molecular formula is C37H41Cl2N3O8S. The van der Waals surface area contributed by atoms with Gasteiger partial charge in [-0.25, -0.2) is 9.59 Å². The molecule has 0 bridgehead atoms. The Hall–Kier alpha value is -4.07. The van der Waals surface area contributed by atoms with Gasteiger partial charge >= 0.3 is 11.9 Å². The maximum Gasteiger partial charge on any atom is 0.348 e. The number of methoxy groups -OCH3 is 3. The van der Waals surface area contributed by atoms with Crippen molar-refractivity contribution in [2.24, 2.45) is 5.92 Å². The van der Waals surface area contributed by atoms with Crippen molar-refractivity contribution in [3.63, 3.8) is 0 Å². The maximum absolute atomic E-state index is 13.6. The Morgan fingerprint density at radius 1 is 0.961 bits per heavy atom. The number of likely N-dealkylation sites (tertiary alicyclic amines) is 1. The van der Waals surface area contributed by atoms with E-state index in [4.69, 9.17) is 46.9 Å². The number of hydrogen-bond acceptors (Lipinski definition) is 11. The summed E-state index contributed by atoms with van der Waals surface area (Å²) in [5.74, 6) is 0.848. The molecule has 4 aromatic rings. The fourth-order valence-electron chi connectivity index (χ4n) is 5.90. The molecule has 0 radical (unpaired) electrons. The summed E-state index contributed by atoms with van der Waals surface area (Å²) in [6, 6.07) is 15.2. The van der Waals surface area contributed by atoms with Crippen LogP contribution in [0.5, 0.6) is 17.2 Å². The largest absolute Gasteiger partial charge is 0.619 e. The Bertz CT molecular complexity index is 1790. The third kappa shape index (κ3) is 9.84. The van der Waals surface area contributed by atoms with E-state index < -0.39 is 24.1 Å². The zero-order valence-corrected chi connectivity index (χ0v) is 31.2. The van der Waals surface area contributed by atoms with Crippen LogP contribution in [0.1, 0.15) is 56.2 Å². The topological polar surface area (TPSA) is 122 Å². The highest BCUT2D eigenvalue weighted by Gasteiger charge is 2.28. The number of carbonyl (C=O) groups is 2. The molecule has 5 rings (SSSR count). The lowest BCUT2D eigenvalue weighted by Gasteiger charge is -2.29. The smallest absolute Gasteiger partial charge is 0.348 e. The second-order valence-electron chi connectivity index (χ2n) is 12.2. The number of carbonyl (C=O) groups excluding carboxylic acids is 2. The van der Waals surface area contributed by atoms with Crippen molar-refractivity contribution in [3.8, 4) is 17.2 Å². The second kappa shape index (κ2) is 17.9. The van der Waals surface area contributed by atoms with Crippen LogP contribution in [-0.2, 0) is 27.2 Å². The lowest BCUT2D eigenvalue weighted by atomic mass is 9.98. The zero-order valence-electron chi connectivity index (χ0n) is 28.9. The molecule has 14 heteroatoms. The number of nitrogens with one attached hydrogen (secondary N) is 1. The molecule has 0 spiro atoms. The van der Waals surface area contributed by atoms with E-state index in [0.717, 1.165) is 30.8 Å². The van der Waals surface area contributed by atoms with E-state index in [2.05, 4.69) is 17.3 Å². The molecule has 3 heterocycles. The fraction of sp³-hybridized carbons (Fsp3) is 0.378. The fourth-order valence-corrected chi connectivity index (χ4v) is 7.34. The van der Waals surface area contributed by atoms with Gasteiger partial charge in [0, 0.05) is 29.0 Å². The van der Waals surface area contributed by atoms with Crippen LogP contribution in [0.4, 0.5) is 0 Å². The molecule has 1 saturated heterocycles. The molecule has 1 aliphatic rings. The average Bonchev–Trinajstić information content (AvgIpc) is 3.61. The van der Waals surface area contributed by atoms with Gasteiger partial charge in [-0.1, -0.05) is 47.5 Å². The van der Waals surface area contributed by atoms with Crippen LogP contribution < -0.4 is 24.3 Å². The Morgan fingerprint density at radius 3 is 2.33 bits per heavy atom. The van der Waals surface area contributed by atoms with E-state index >= 15 is 0 Å². The second-order valence-corrected chi connectivity index (χ2v) is 14.2. The monoisotopic (exact) mass is 757 g/mol. The van der Waals surface area contributed by atoms with Crippen LogP contribution in [0.15, 0.2) is 67.0 Å². The predicted octanol–water partition coefficient (Wildman–Crippen LogP) is 6.57. The Labute approximate surface area is 311 Å². The molecule has 2 aromatic heterocycles. The minimum atomic E-state index is -0.854. The molecule has 51 heavy (non-hydrogen) atoms. The van der Waals surface area contributed by atoms with E-state index in [1.165, 1.54) is 38.0 Å². The molecule has 1 N–H and O–H groups in total. The van der Waals surface area contributed by atoms with Gasteiger partial charge in [-0.15, -0.1) is 11.3 Å². The summed E-state index contributed by atoms with van der Waals surface area (Å²) in [6.45, 7) is 2.58. The Kier molecular flexibility index (Phi) is 13.4. The molecule has 1 aliphatic heterocycles. The summed E-state index contributed by atoms with van der Waals surface area (Å²) in [6.07, 6.45) is 3.56. The summed E-state index contributed by atoms with van der Waals surface area (Å²) in [7, 11) is 6.69. The third-order valence-corrected chi connectivity index (χ3v) is 10.5. The number of esters is 2. The van der Waals surface area contributed by atoms with Gasteiger partial charge in [0.15, 0.2) is 23.9 Å². The van der Waals surface area contributed by atoms with Crippen molar-refractivity contribution in [2.45, 2.75) is 38.0 Å². The SMILES string of the molecule is COc1ccc(C(Cc2c(Cl)c[n+]([O-])cc2Cl)OC(=O)c2ccc(CNC(C(=O)OCC3CCN(C)CC3)c3ccccc3OC)s2)cc1OC. The zero-order chi connectivity index (χ0) is 36.5. The molecule has 0 aliphatic carbocycles. The molecule has 2 unspecified atom stereocenters. The summed E-state index contributed by atoms with van der Waals surface area (Å²) in [5, 5.41) is 15.5. The van der Waals surface area contributed by atoms with E-state index in [0.29, 0.717) is 56.1 Å². The van der Waals surface area contributed by atoms with Crippen molar-refractivity contribution in [1.29, 1.82) is 0 Å². The van der Waals surface area contributed by atoms with Crippen LogP contribution in [0.25, 0.3) is 0 Å². The summed E-state index contributed by atoms with van der Waals surface area (Å²) < 4.78 is 28.9. The van der Waals surface area contributed by atoms with Crippen molar-refractivity contribution in [1.82, 2.24) is 10.2 Å². The summed E-state index contributed by atoms with van der Waals surface area (Å²) in [4.78, 5) is 30.6. The van der Waals surface area contributed by atoms with Crippen molar-refractivity contribution in [2.75, 3.05) is 48.1 Å². The summed E-state index contributed by atoms with van der Waals surface area (Å²) in [5.41, 5.74) is 1.70. The van der Waals surface area contributed by atoms with Gasteiger partial charge in [-0.2, -0.15) is 4.73 Å². The van der Waals surface area contributed by atoms with Gasteiger partial charge in [-0.3, -0.25) is 5.32 Å². The minimum Gasteiger partial charge on any atom is -0.619 e. The molecule has 1 fully saturated rings. The number of thiophene rings is 1. The number of aromatic nitrogens is 1. The molecule has 272 valence electrons. The number of hydrogen-bond donors (Lipinski definition) is 1. The minimum absolute atomic E-state index is 0.0831. The lowest BCUT2D eigenvalue weighted by Crippen LogP contribution is -2.34. The predicted molar refractivity (Wildman–Crippen MR) is 195 cm³/mol. The Balaban J connectivity index is 1.32. The number of nitrogens with zero attached hydrogens (tertiary/aromatic N) is 2. The number of rotatable bonds is 15. The number of piperidine rings is 1. The molecule has 2 atom stereocenters. The van der Waals surface area contributed by atoms with Crippen LogP contribution >= 0.6 is 34.5 Å². The molecule has 0 amide bonds. The van der Waals surface area contributed by atoms with Crippen LogP contribution in [0.2, 0.25) is 10.0 Å². The Morgan fingerprint density at radius 2 is 1.65 bits per heavy atom. The van der Waals surface area contributed by atoms with Crippen molar-refractivity contribution in [3.05, 3.63) is 109 Å². The van der Waals surface area contributed by atoms with Crippen LogP contribution in [-0.4, -0.2) is 64.9 Å². The van der Waals surface area contributed by atoms with Gasteiger partial charge in [0.05, 0.1) is 27.9 Å². The average molecular weight is 759 g/mol. The number of pyridine rings is 1. The maximum atomic E-state index is 13.6. The first-order valence-electron chi connectivity index (χ1n) is 16.4. The van der Waals surface area contributed by atoms with E-state index in [9.17, 15) is 14.8 Å². The third-order valence-electron chi connectivity index (χ3n) is 8.80. The van der Waals surface area contributed by atoms with Crippen molar-refractivity contribution < 1.29 is 38.0 Å². The number of ether oxygens (including phenoxy) is 5. The van der Waals surface area contributed by atoms with Gasteiger partial charge < -0.3 is 33.8 Å². The van der Waals surface area contributed by atoms with Crippen molar-refractivity contribution >= 4 is 46.5 Å². The molecule has 0 saturated carbocycles. The normalized spacial score (nSPS) is 14.8. The molecule has 11 nitrogen and oxygen atoms in total. The summed E-state index contributed by atoms with van der Waals surface area (Å²) >= 11 is 14.0. The van der Waals surface area contributed by atoms with Gasteiger partial charge in [0.1, 0.15) is 32.8 Å². The van der Waals surface area contributed by atoms with E-state index in [1.54, 1.807) is 43.5 Å². The number of halogens is 2. The number of para-hydroxylation sites is 1. The lowest BCUT2D eigenvalue weighted by molar-refractivity contribution is -0.605. The van der Waals surface area contributed by atoms with E-state index in [-0.39, 0.29) is 23.0 Å². The van der Waals surface area contributed by atoms with Crippen LogP contribution in [0.3, 0.4) is 0 Å². The van der Waals surface area contributed by atoms with Gasteiger partial charge in [0.25, 0.3) is 0 Å². The first-order valence-corrected chi connectivity index (χ1v) is 18.0. The first-order chi connectivity index (χ1) is 24.6. The standard InChI is InChI=1S/C37H41Cl2N3O8S/c1-41-15-13-23(14-16-41)22-49-37(44)35(26-7-5-6-8-30(26)46-2)40-19-25-10-12-34(51-25)36(43)50-32(18-27-28(38)20-42(45)21-29(27)39)24-9-11-31(47-3)33(17-24)48-4/h5-12,17,20-21,23,32,35,40H,13-16,18-19,22H2,1-4H3. The van der Waals surface area contributed by atoms with Gasteiger partial charge in [-0.05, 0) is 74.8 Å². The van der Waals surface area contributed by atoms with E-state index in [1.807, 2.05) is 18.2 Å². The highest BCUT2D eigenvalue weighted by Crippen LogP contribution is 2.36. The quantitative estimate of drug-likeness (QED) is 0.0810. The highest BCUT2D eigenvalue weighted by molar-refractivity contribution is 7.13. The number of benzene rings is 2. The highest BCUT2D eigenvalue weighted by atomic mass is 35.5.